The van der Waals surface area contributed by atoms with E-state index in [1.165, 1.54) is 51.6 Å². The molecule has 1 atom stereocenters. The van der Waals surface area contributed by atoms with Crippen molar-refractivity contribution in [3.8, 4) is 0 Å². The van der Waals surface area contributed by atoms with Gasteiger partial charge in [0, 0.05) is 20.2 Å². The van der Waals surface area contributed by atoms with Crippen LogP contribution in [-0.2, 0) is 4.74 Å². The third kappa shape index (κ3) is 3.43. The Balaban J connectivity index is 1.68. The first-order valence-electron chi connectivity index (χ1n) is 7.23. The number of hydrogen-bond donors (Lipinski definition) is 1. The minimum Gasteiger partial charge on any atom is -0.380 e. The number of nitrogens with zero attached hydrogens (tertiary/aromatic N) is 1. The number of hydrogen-bond acceptors (Lipinski definition) is 3. The van der Waals surface area contributed by atoms with Crippen LogP contribution in [0.5, 0.6) is 0 Å². The van der Waals surface area contributed by atoms with Gasteiger partial charge >= 0.3 is 0 Å². The summed E-state index contributed by atoms with van der Waals surface area (Å²) in [6, 6.07) is 0. The smallest absolute Gasteiger partial charge is 0.0705 e. The first kappa shape index (κ1) is 13.3. The van der Waals surface area contributed by atoms with Crippen LogP contribution >= 0.6 is 0 Å². The lowest BCUT2D eigenvalue weighted by Gasteiger charge is -2.39. The van der Waals surface area contributed by atoms with Crippen molar-refractivity contribution in [3.05, 3.63) is 0 Å². The van der Waals surface area contributed by atoms with Gasteiger partial charge in [-0.2, -0.15) is 0 Å². The van der Waals surface area contributed by atoms with E-state index in [0.717, 1.165) is 18.4 Å². The van der Waals surface area contributed by atoms with Crippen molar-refractivity contribution in [2.24, 2.45) is 11.1 Å². The van der Waals surface area contributed by atoms with Gasteiger partial charge in [0.2, 0.25) is 0 Å². The molecule has 3 heteroatoms. The number of rotatable bonds is 5. The second kappa shape index (κ2) is 6.17. The molecule has 1 saturated heterocycles. The van der Waals surface area contributed by atoms with Crippen LogP contribution < -0.4 is 5.73 Å². The SMILES string of the molecule is COC(CN)CCN1CCC2(CCCC2)CC1. The van der Waals surface area contributed by atoms with Crippen molar-refractivity contribution in [3.63, 3.8) is 0 Å². The Hall–Kier alpha value is -0.120. The van der Waals surface area contributed by atoms with Gasteiger partial charge in [-0.1, -0.05) is 12.8 Å². The zero-order valence-corrected chi connectivity index (χ0v) is 11.3. The van der Waals surface area contributed by atoms with Gasteiger partial charge in [-0.25, -0.2) is 0 Å². The first-order valence-corrected chi connectivity index (χ1v) is 7.23. The van der Waals surface area contributed by atoms with E-state index in [2.05, 4.69) is 4.90 Å². The molecule has 1 unspecified atom stereocenters. The molecule has 1 spiro atoms. The molecule has 17 heavy (non-hydrogen) atoms. The summed E-state index contributed by atoms with van der Waals surface area (Å²) in [5.41, 5.74) is 6.39. The van der Waals surface area contributed by atoms with E-state index in [1.54, 1.807) is 7.11 Å². The average Bonchev–Trinajstić information content (AvgIpc) is 2.81. The lowest BCUT2D eigenvalue weighted by molar-refractivity contribution is 0.0675. The van der Waals surface area contributed by atoms with Gasteiger partial charge in [-0.3, -0.25) is 0 Å². The number of nitrogens with two attached hydrogens (primary N) is 1. The maximum atomic E-state index is 5.65. The Kier molecular flexibility index (Phi) is 4.83. The van der Waals surface area contributed by atoms with E-state index in [-0.39, 0.29) is 6.10 Å². The predicted molar refractivity (Wildman–Crippen MR) is 71.0 cm³/mol. The molecule has 1 saturated carbocycles. The van der Waals surface area contributed by atoms with Crippen LogP contribution in [0.1, 0.15) is 44.9 Å². The zero-order valence-electron chi connectivity index (χ0n) is 11.3. The molecule has 2 N–H and O–H groups in total. The number of methoxy groups -OCH3 is 1. The first-order chi connectivity index (χ1) is 8.28. The average molecular weight is 240 g/mol. The molecule has 0 amide bonds. The third-order valence-electron chi connectivity index (χ3n) is 4.94. The summed E-state index contributed by atoms with van der Waals surface area (Å²) in [4.78, 5) is 2.60. The molecular weight excluding hydrogens is 212 g/mol. The molecule has 0 radical (unpaired) electrons. The monoisotopic (exact) mass is 240 g/mol. The van der Waals surface area contributed by atoms with Gasteiger partial charge in [0.15, 0.2) is 0 Å². The lowest BCUT2D eigenvalue weighted by atomic mass is 9.77. The topological polar surface area (TPSA) is 38.5 Å². The number of piperidine rings is 1. The van der Waals surface area contributed by atoms with Crippen LogP contribution in [0.2, 0.25) is 0 Å². The highest BCUT2D eigenvalue weighted by Gasteiger charge is 2.36. The molecular formula is C14H28N2O. The standard InChI is InChI=1S/C14H28N2O/c1-17-13(12-15)4-9-16-10-7-14(8-11-16)5-2-3-6-14/h13H,2-12,15H2,1H3. The van der Waals surface area contributed by atoms with E-state index >= 15 is 0 Å². The molecule has 0 aromatic rings. The molecule has 2 fully saturated rings. The van der Waals surface area contributed by atoms with E-state index in [4.69, 9.17) is 10.5 Å². The van der Waals surface area contributed by atoms with Gasteiger partial charge < -0.3 is 15.4 Å². The van der Waals surface area contributed by atoms with Gasteiger partial charge in [-0.05, 0) is 50.6 Å². The Morgan fingerprint density at radius 3 is 2.35 bits per heavy atom. The van der Waals surface area contributed by atoms with E-state index in [1.807, 2.05) is 0 Å². The van der Waals surface area contributed by atoms with Crippen molar-refractivity contribution in [1.82, 2.24) is 4.90 Å². The van der Waals surface area contributed by atoms with E-state index in [0.29, 0.717) is 6.54 Å². The van der Waals surface area contributed by atoms with E-state index < -0.39 is 0 Å². The molecule has 1 aliphatic carbocycles. The third-order valence-corrected chi connectivity index (χ3v) is 4.94. The van der Waals surface area contributed by atoms with E-state index in [9.17, 15) is 0 Å². The van der Waals surface area contributed by atoms with Crippen molar-refractivity contribution in [1.29, 1.82) is 0 Å². The van der Waals surface area contributed by atoms with Crippen LogP contribution in [0.3, 0.4) is 0 Å². The Labute approximate surface area is 106 Å². The fourth-order valence-electron chi connectivity index (χ4n) is 3.53. The highest BCUT2D eigenvalue weighted by molar-refractivity contribution is 4.89. The van der Waals surface area contributed by atoms with Gasteiger partial charge in [0.1, 0.15) is 0 Å². The Morgan fingerprint density at radius 1 is 1.18 bits per heavy atom. The van der Waals surface area contributed by atoms with Crippen molar-refractivity contribution >= 4 is 0 Å². The summed E-state index contributed by atoms with van der Waals surface area (Å²) in [6.45, 7) is 4.39. The van der Waals surface area contributed by atoms with Crippen LogP contribution in [-0.4, -0.2) is 44.3 Å². The second-order valence-corrected chi connectivity index (χ2v) is 5.93. The Bertz CT molecular complexity index is 210. The minimum atomic E-state index is 0.248. The maximum Gasteiger partial charge on any atom is 0.0705 e. The maximum absolute atomic E-state index is 5.65. The largest absolute Gasteiger partial charge is 0.380 e. The predicted octanol–water partition coefficient (Wildman–Crippen LogP) is 2.01. The molecule has 0 aromatic carbocycles. The van der Waals surface area contributed by atoms with Crippen LogP contribution in [0.15, 0.2) is 0 Å². The summed E-state index contributed by atoms with van der Waals surface area (Å²) in [5, 5.41) is 0. The summed E-state index contributed by atoms with van der Waals surface area (Å²) >= 11 is 0. The molecule has 100 valence electrons. The molecule has 3 nitrogen and oxygen atoms in total. The van der Waals surface area contributed by atoms with Crippen LogP contribution in [0, 0.1) is 5.41 Å². The fraction of sp³-hybridized carbons (Fsp3) is 1.00. The minimum absolute atomic E-state index is 0.248. The fourth-order valence-corrected chi connectivity index (χ4v) is 3.53. The number of likely N-dealkylation sites (tertiary alicyclic amines) is 1. The van der Waals surface area contributed by atoms with Crippen molar-refractivity contribution < 1.29 is 4.74 Å². The highest BCUT2D eigenvalue weighted by atomic mass is 16.5. The summed E-state index contributed by atoms with van der Waals surface area (Å²) < 4.78 is 5.33. The second-order valence-electron chi connectivity index (χ2n) is 5.93. The normalized spacial score (nSPS) is 26.5. The summed E-state index contributed by atoms with van der Waals surface area (Å²) in [5.74, 6) is 0. The zero-order chi connectivity index (χ0) is 12.1. The van der Waals surface area contributed by atoms with Crippen molar-refractivity contribution in [2.45, 2.75) is 51.0 Å². The quantitative estimate of drug-likeness (QED) is 0.799. The lowest BCUT2D eigenvalue weighted by Crippen LogP contribution is -2.40. The van der Waals surface area contributed by atoms with Crippen LogP contribution in [0.25, 0.3) is 0 Å². The molecule has 2 rings (SSSR count). The number of ether oxygens (including phenoxy) is 1. The summed E-state index contributed by atoms with van der Waals surface area (Å²) in [6.07, 6.45) is 10.1. The Morgan fingerprint density at radius 2 is 1.82 bits per heavy atom. The van der Waals surface area contributed by atoms with Gasteiger partial charge in [-0.15, -0.1) is 0 Å². The van der Waals surface area contributed by atoms with Gasteiger partial charge in [0.05, 0.1) is 6.10 Å². The summed E-state index contributed by atoms with van der Waals surface area (Å²) in [7, 11) is 1.77. The van der Waals surface area contributed by atoms with Gasteiger partial charge in [0.25, 0.3) is 0 Å². The molecule has 2 aliphatic rings. The molecule has 0 bridgehead atoms. The highest BCUT2D eigenvalue weighted by Crippen LogP contribution is 2.46. The molecule has 1 heterocycles. The molecule has 1 aliphatic heterocycles. The van der Waals surface area contributed by atoms with Crippen LogP contribution in [0.4, 0.5) is 0 Å². The van der Waals surface area contributed by atoms with Crippen molar-refractivity contribution in [2.75, 3.05) is 33.3 Å². The molecule has 0 aromatic heterocycles.